The Balaban J connectivity index is 1.42. The van der Waals surface area contributed by atoms with Crippen LogP contribution < -0.4 is 15.4 Å². The molecule has 0 spiro atoms. The molecule has 0 radical (unpaired) electrons. The number of rotatable bonds is 6. The zero-order chi connectivity index (χ0) is 23.5. The van der Waals surface area contributed by atoms with Gasteiger partial charge < -0.3 is 10.1 Å². The van der Waals surface area contributed by atoms with Crippen LogP contribution in [0.25, 0.3) is 5.70 Å². The van der Waals surface area contributed by atoms with E-state index in [2.05, 4.69) is 20.7 Å². The van der Waals surface area contributed by atoms with Gasteiger partial charge in [0.15, 0.2) is 6.61 Å². The van der Waals surface area contributed by atoms with Crippen molar-refractivity contribution in [3.8, 4) is 5.75 Å². The Morgan fingerprint density at radius 3 is 2.50 bits per heavy atom. The molecule has 2 N–H and O–H groups in total. The van der Waals surface area contributed by atoms with Crippen LogP contribution in [0.3, 0.4) is 0 Å². The molecule has 1 aliphatic rings. The van der Waals surface area contributed by atoms with Gasteiger partial charge in [0.2, 0.25) is 5.95 Å². The molecule has 1 aliphatic heterocycles. The van der Waals surface area contributed by atoms with Crippen molar-refractivity contribution >= 4 is 46.7 Å². The van der Waals surface area contributed by atoms with Crippen LogP contribution in [0.5, 0.6) is 5.75 Å². The van der Waals surface area contributed by atoms with Crippen molar-refractivity contribution in [3.05, 3.63) is 106 Å². The van der Waals surface area contributed by atoms with E-state index in [-0.39, 0.29) is 24.5 Å². The first-order valence-electron chi connectivity index (χ1n) is 10.5. The van der Waals surface area contributed by atoms with E-state index in [0.29, 0.717) is 21.7 Å². The molecule has 1 aromatic heterocycles. The lowest BCUT2D eigenvalue weighted by Gasteiger charge is -2.24. The summed E-state index contributed by atoms with van der Waals surface area (Å²) in [5.41, 5.74) is 2.61. The summed E-state index contributed by atoms with van der Waals surface area (Å²) >= 11 is 12.6. The average Bonchev–Trinajstić information content (AvgIpc) is 3.26. The van der Waals surface area contributed by atoms with Crippen molar-refractivity contribution in [1.82, 2.24) is 14.8 Å². The normalized spacial score (nSPS) is 14.5. The number of nitrogens with zero attached hydrogens (tertiary/aromatic N) is 3. The highest BCUT2D eigenvalue weighted by molar-refractivity contribution is 6.31. The average molecular weight is 492 g/mol. The molecule has 0 saturated heterocycles. The molecule has 2 heterocycles. The van der Waals surface area contributed by atoms with Gasteiger partial charge in [-0.25, -0.2) is 4.68 Å². The van der Waals surface area contributed by atoms with Crippen LogP contribution in [0.1, 0.15) is 17.2 Å². The number of benzene rings is 3. The molecule has 34 heavy (non-hydrogen) atoms. The van der Waals surface area contributed by atoms with Crippen LogP contribution in [0.2, 0.25) is 10.0 Å². The van der Waals surface area contributed by atoms with Crippen LogP contribution in [0, 0.1) is 0 Å². The fourth-order valence-electron chi connectivity index (χ4n) is 3.61. The van der Waals surface area contributed by atoms with Gasteiger partial charge in [-0.05, 0) is 47.5 Å². The van der Waals surface area contributed by atoms with Gasteiger partial charge in [-0.1, -0.05) is 71.7 Å². The number of fused-ring (bicyclic) bond motifs is 1. The standard InChI is InChI=1S/C25H19Cl2N5O2/c26-17-12-10-16(11-13-17)21-14-22(19-8-4-5-9-20(19)27)32-25(28-21)30-24(31-32)29-23(33)15-34-18-6-2-1-3-7-18/h1-14,22H,15H2,(H2,28,29,30,31,33)/t22-/m0/s1. The highest BCUT2D eigenvalue weighted by Crippen LogP contribution is 2.36. The van der Waals surface area contributed by atoms with Gasteiger partial charge >= 0.3 is 0 Å². The number of hydrogen-bond acceptors (Lipinski definition) is 5. The number of carbonyl (C=O) groups excluding carboxylic acids is 1. The summed E-state index contributed by atoms with van der Waals surface area (Å²) in [6.07, 6.45) is 2.01. The van der Waals surface area contributed by atoms with Crippen molar-refractivity contribution in [3.63, 3.8) is 0 Å². The van der Waals surface area contributed by atoms with Gasteiger partial charge in [0, 0.05) is 15.7 Å². The number of hydrogen-bond donors (Lipinski definition) is 2. The molecular formula is C25H19Cl2N5O2. The van der Waals surface area contributed by atoms with E-state index in [9.17, 15) is 4.79 Å². The molecule has 1 amide bonds. The second-order valence-corrected chi connectivity index (χ2v) is 8.38. The highest BCUT2D eigenvalue weighted by Gasteiger charge is 2.27. The van der Waals surface area contributed by atoms with Crippen LogP contribution in [-0.4, -0.2) is 27.3 Å². The summed E-state index contributed by atoms with van der Waals surface area (Å²) in [4.78, 5) is 16.9. The molecule has 0 unspecified atom stereocenters. The van der Waals surface area contributed by atoms with Crippen LogP contribution in [0.15, 0.2) is 84.9 Å². The van der Waals surface area contributed by atoms with Crippen molar-refractivity contribution in [2.45, 2.75) is 6.04 Å². The fraction of sp³-hybridized carbons (Fsp3) is 0.0800. The van der Waals surface area contributed by atoms with Crippen LogP contribution >= 0.6 is 23.2 Å². The first kappa shape index (κ1) is 22.0. The first-order valence-corrected chi connectivity index (χ1v) is 11.3. The summed E-state index contributed by atoms with van der Waals surface area (Å²) < 4.78 is 7.19. The van der Waals surface area contributed by atoms with E-state index in [0.717, 1.165) is 16.8 Å². The molecule has 170 valence electrons. The molecule has 0 aliphatic carbocycles. The Hall–Kier alpha value is -3.81. The predicted molar refractivity (Wildman–Crippen MR) is 133 cm³/mol. The Labute approximate surface area is 206 Å². The minimum Gasteiger partial charge on any atom is -0.484 e. The van der Waals surface area contributed by atoms with Gasteiger partial charge in [0.25, 0.3) is 11.9 Å². The summed E-state index contributed by atoms with van der Waals surface area (Å²) in [7, 11) is 0. The minimum atomic E-state index is -0.369. The lowest BCUT2D eigenvalue weighted by Crippen LogP contribution is -2.21. The third-order valence-corrected chi connectivity index (χ3v) is 5.81. The van der Waals surface area contributed by atoms with Crippen molar-refractivity contribution in [2.24, 2.45) is 0 Å². The van der Waals surface area contributed by atoms with Crippen LogP contribution in [0.4, 0.5) is 11.9 Å². The SMILES string of the molecule is O=C(COc1ccccc1)Nc1nc2n(n1)[C@H](c1ccccc1Cl)C=C(c1ccc(Cl)cc1)N2. The maximum atomic E-state index is 12.4. The number of ether oxygens (including phenoxy) is 1. The van der Waals surface area contributed by atoms with E-state index in [4.69, 9.17) is 27.9 Å². The Kier molecular flexibility index (Phi) is 6.20. The maximum absolute atomic E-state index is 12.4. The second kappa shape index (κ2) is 9.59. The maximum Gasteiger partial charge on any atom is 0.264 e. The van der Waals surface area contributed by atoms with E-state index in [1.807, 2.05) is 72.8 Å². The quantitative estimate of drug-likeness (QED) is 0.363. The zero-order valence-corrected chi connectivity index (χ0v) is 19.3. The van der Waals surface area contributed by atoms with Crippen molar-refractivity contribution in [1.29, 1.82) is 0 Å². The molecule has 5 rings (SSSR count). The van der Waals surface area contributed by atoms with Gasteiger partial charge in [0.1, 0.15) is 11.8 Å². The molecule has 0 fully saturated rings. The fourth-order valence-corrected chi connectivity index (χ4v) is 3.98. The Morgan fingerprint density at radius 2 is 1.74 bits per heavy atom. The number of para-hydroxylation sites is 1. The van der Waals surface area contributed by atoms with E-state index >= 15 is 0 Å². The largest absolute Gasteiger partial charge is 0.484 e. The predicted octanol–water partition coefficient (Wildman–Crippen LogP) is 5.66. The molecule has 9 heteroatoms. The molecule has 3 aromatic carbocycles. The summed E-state index contributed by atoms with van der Waals surface area (Å²) in [6, 6.07) is 23.8. The molecule has 7 nitrogen and oxygen atoms in total. The number of carbonyl (C=O) groups is 1. The Morgan fingerprint density at radius 1 is 1.00 bits per heavy atom. The number of nitrogens with one attached hydrogen (secondary N) is 2. The lowest BCUT2D eigenvalue weighted by atomic mass is 10.0. The molecular weight excluding hydrogens is 473 g/mol. The zero-order valence-electron chi connectivity index (χ0n) is 17.8. The summed E-state index contributed by atoms with van der Waals surface area (Å²) in [5, 5.41) is 11.7. The number of halogens is 2. The summed E-state index contributed by atoms with van der Waals surface area (Å²) in [5.74, 6) is 0.864. The number of amides is 1. The topological polar surface area (TPSA) is 81.1 Å². The number of anilines is 2. The molecule has 0 saturated carbocycles. The monoisotopic (exact) mass is 491 g/mol. The first-order chi connectivity index (χ1) is 16.6. The number of allylic oxidation sites excluding steroid dienone is 1. The highest BCUT2D eigenvalue weighted by atomic mass is 35.5. The van der Waals surface area contributed by atoms with Crippen LogP contribution in [-0.2, 0) is 4.79 Å². The van der Waals surface area contributed by atoms with Gasteiger partial charge in [-0.2, -0.15) is 4.98 Å². The third kappa shape index (κ3) is 4.76. The van der Waals surface area contributed by atoms with E-state index in [1.165, 1.54) is 0 Å². The second-order valence-electron chi connectivity index (χ2n) is 7.53. The van der Waals surface area contributed by atoms with Gasteiger partial charge in [-0.3, -0.25) is 10.1 Å². The van der Waals surface area contributed by atoms with E-state index in [1.54, 1.807) is 16.8 Å². The Bertz CT molecular complexity index is 1350. The third-order valence-electron chi connectivity index (χ3n) is 5.21. The van der Waals surface area contributed by atoms with Gasteiger partial charge in [0.05, 0.1) is 0 Å². The smallest absolute Gasteiger partial charge is 0.264 e. The number of aromatic nitrogens is 3. The lowest BCUT2D eigenvalue weighted by molar-refractivity contribution is -0.118. The van der Waals surface area contributed by atoms with Gasteiger partial charge in [-0.15, -0.1) is 5.10 Å². The van der Waals surface area contributed by atoms with Crippen molar-refractivity contribution < 1.29 is 9.53 Å². The molecule has 1 atom stereocenters. The van der Waals surface area contributed by atoms with E-state index < -0.39 is 0 Å². The summed E-state index contributed by atoms with van der Waals surface area (Å²) in [6.45, 7) is -0.163. The van der Waals surface area contributed by atoms with Crippen molar-refractivity contribution in [2.75, 3.05) is 17.2 Å². The minimum absolute atomic E-state index is 0.159. The molecule has 4 aromatic rings. The molecule has 0 bridgehead atoms.